The molecule has 3 aromatic rings. The van der Waals surface area contributed by atoms with Gasteiger partial charge in [-0.3, -0.25) is 9.59 Å². The first kappa shape index (κ1) is 52.9. The number of halogens is 1. The van der Waals surface area contributed by atoms with Crippen molar-refractivity contribution in [2.24, 2.45) is 17.3 Å². The summed E-state index contributed by atoms with van der Waals surface area (Å²) in [6.07, 6.45) is 3.74. The first-order valence-electron chi connectivity index (χ1n) is 23.1. The van der Waals surface area contributed by atoms with E-state index in [2.05, 4.69) is 176 Å². The van der Waals surface area contributed by atoms with Gasteiger partial charge in [0.2, 0.25) is 0 Å². The third kappa shape index (κ3) is 13.0. The Morgan fingerprint density at radius 2 is 1.24 bits per heavy atom. The van der Waals surface area contributed by atoms with E-state index in [-0.39, 0.29) is 40.3 Å². The Hall–Kier alpha value is -2.68. The lowest BCUT2D eigenvalue weighted by atomic mass is 9.73. The predicted molar refractivity (Wildman–Crippen MR) is 275 cm³/mol. The van der Waals surface area contributed by atoms with Crippen molar-refractivity contribution < 1.29 is 27.9 Å². The molecule has 0 saturated carbocycles. The highest BCUT2D eigenvalue weighted by atomic mass is 127. The standard InChI is InChI=1S/C54H79IO6Si2/c1-39-26-25-27-42(38-58-54(43-28-19-16-20-29-43,44-30-21-17-22-31-44)45-32-23-18-24-33-45)34-35-46(40(2)37-55)59-48(56)36-47(60-62(12,13)51(4,5)6)53(10,11)50(57)41(3)49(39)61-63(14,15)52(7,8)9/h16-24,28-34,37,39,41,46-47,49H,25-27,35-36,38H2,1-15H3/b40-37+,42-34+/t39-,41+,46-,47-,49-/m0/s1. The molecule has 6 nitrogen and oxygen atoms in total. The highest BCUT2D eigenvalue weighted by Gasteiger charge is 2.50. The summed E-state index contributed by atoms with van der Waals surface area (Å²) in [6.45, 7) is 32.9. The molecule has 1 aliphatic heterocycles. The van der Waals surface area contributed by atoms with Crippen molar-refractivity contribution in [1.82, 2.24) is 0 Å². The molecular formula is C54H79IO6Si2. The van der Waals surface area contributed by atoms with Gasteiger partial charge in [-0.25, -0.2) is 0 Å². The number of Topliss-reactive ketones (excluding diaryl/α,β-unsaturated/α-hetero) is 1. The van der Waals surface area contributed by atoms with E-state index in [1.54, 1.807) is 0 Å². The molecule has 0 aromatic heterocycles. The van der Waals surface area contributed by atoms with E-state index in [9.17, 15) is 4.79 Å². The maximum absolute atomic E-state index is 15.2. The van der Waals surface area contributed by atoms with E-state index in [0.29, 0.717) is 13.0 Å². The largest absolute Gasteiger partial charge is 0.457 e. The molecule has 346 valence electrons. The van der Waals surface area contributed by atoms with Crippen LogP contribution in [0.5, 0.6) is 0 Å². The maximum atomic E-state index is 15.2. The molecular weight excluding hydrogens is 928 g/mol. The third-order valence-electron chi connectivity index (χ3n) is 14.5. The number of ether oxygens (including phenoxy) is 2. The van der Waals surface area contributed by atoms with Crippen LogP contribution in [-0.2, 0) is 33.5 Å². The number of rotatable bonds is 11. The topological polar surface area (TPSA) is 71.1 Å². The summed E-state index contributed by atoms with van der Waals surface area (Å²) >= 11 is 2.24. The lowest BCUT2D eigenvalue weighted by Crippen LogP contribution is -2.54. The second-order valence-electron chi connectivity index (χ2n) is 21.7. The Bertz CT molecular complexity index is 1900. The van der Waals surface area contributed by atoms with Crippen LogP contribution in [0.15, 0.2) is 112 Å². The average molecular weight is 1010 g/mol. The van der Waals surface area contributed by atoms with E-state index in [0.717, 1.165) is 47.1 Å². The van der Waals surface area contributed by atoms with E-state index in [1.165, 1.54) is 0 Å². The van der Waals surface area contributed by atoms with Crippen LogP contribution in [0.4, 0.5) is 0 Å². The van der Waals surface area contributed by atoms with E-state index in [1.807, 2.05) is 50.0 Å². The average Bonchev–Trinajstić information content (AvgIpc) is 3.22. The number of esters is 1. The molecule has 0 saturated heterocycles. The van der Waals surface area contributed by atoms with Crippen LogP contribution in [0.2, 0.25) is 36.3 Å². The fourth-order valence-electron chi connectivity index (χ4n) is 8.15. The van der Waals surface area contributed by atoms with Gasteiger partial charge in [0, 0.05) is 17.8 Å². The Morgan fingerprint density at radius 3 is 1.68 bits per heavy atom. The molecule has 3 aromatic carbocycles. The van der Waals surface area contributed by atoms with Gasteiger partial charge in [0.05, 0.1) is 25.2 Å². The van der Waals surface area contributed by atoms with Gasteiger partial charge in [0.15, 0.2) is 16.6 Å². The molecule has 5 atom stereocenters. The number of carbonyl (C=O) groups excluding carboxylic acids is 2. The normalized spacial score (nSPS) is 24.0. The van der Waals surface area contributed by atoms with Crippen molar-refractivity contribution in [3.63, 3.8) is 0 Å². The summed E-state index contributed by atoms with van der Waals surface area (Å²) in [4.78, 5) is 29.5. The number of hydrogen-bond donors (Lipinski definition) is 0. The molecule has 0 fully saturated rings. The third-order valence-corrected chi connectivity index (χ3v) is 24.4. The van der Waals surface area contributed by atoms with Crippen molar-refractivity contribution in [1.29, 1.82) is 0 Å². The van der Waals surface area contributed by atoms with Gasteiger partial charge in [-0.2, -0.15) is 0 Å². The molecule has 63 heavy (non-hydrogen) atoms. The minimum absolute atomic E-state index is 0.0280. The van der Waals surface area contributed by atoms with Crippen LogP contribution in [-0.4, -0.2) is 53.3 Å². The van der Waals surface area contributed by atoms with Gasteiger partial charge in [0.1, 0.15) is 17.5 Å². The number of carbonyl (C=O) groups is 2. The Balaban J connectivity index is 1.86. The maximum Gasteiger partial charge on any atom is 0.309 e. The summed E-state index contributed by atoms with van der Waals surface area (Å²) in [5, 5.41) is -0.181. The molecule has 0 amide bonds. The second-order valence-corrected chi connectivity index (χ2v) is 31.8. The zero-order chi connectivity index (χ0) is 47.0. The molecule has 0 radical (unpaired) electrons. The lowest BCUT2D eigenvalue weighted by molar-refractivity contribution is -0.153. The summed E-state index contributed by atoms with van der Waals surface area (Å²) in [5.74, 6) is -0.652. The molecule has 0 N–H and O–H groups in total. The van der Waals surface area contributed by atoms with Crippen LogP contribution in [0.25, 0.3) is 0 Å². The van der Waals surface area contributed by atoms with Crippen LogP contribution in [0.1, 0.15) is 125 Å². The smallest absolute Gasteiger partial charge is 0.309 e. The molecule has 0 aliphatic carbocycles. The zero-order valence-corrected chi connectivity index (χ0v) is 45.4. The summed E-state index contributed by atoms with van der Waals surface area (Å²) in [7, 11) is -4.77. The van der Waals surface area contributed by atoms with Gasteiger partial charge in [-0.15, -0.1) is 0 Å². The van der Waals surface area contributed by atoms with Gasteiger partial charge >= 0.3 is 5.97 Å². The minimum atomic E-state index is -2.45. The van der Waals surface area contributed by atoms with Crippen molar-refractivity contribution >= 4 is 51.0 Å². The van der Waals surface area contributed by atoms with Crippen LogP contribution >= 0.6 is 22.6 Å². The quantitative estimate of drug-likeness (QED) is 0.0627. The minimum Gasteiger partial charge on any atom is -0.457 e. The molecule has 0 unspecified atom stereocenters. The van der Waals surface area contributed by atoms with Crippen LogP contribution in [0.3, 0.4) is 0 Å². The summed E-state index contributed by atoms with van der Waals surface area (Å²) in [5.41, 5.74) is 3.34. The van der Waals surface area contributed by atoms with E-state index >= 15 is 4.79 Å². The second kappa shape index (κ2) is 21.7. The van der Waals surface area contributed by atoms with Gasteiger partial charge < -0.3 is 18.3 Å². The molecule has 1 aliphatic rings. The van der Waals surface area contributed by atoms with Crippen LogP contribution < -0.4 is 0 Å². The Morgan fingerprint density at radius 1 is 0.778 bits per heavy atom. The molecule has 9 heteroatoms. The number of ketones is 1. The Kier molecular flexibility index (Phi) is 18.3. The highest BCUT2D eigenvalue weighted by molar-refractivity contribution is 14.1. The first-order valence-corrected chi connectivity index (χ1v) is 30.2. The van der Waals surface area contributed by atoms with Gasteiger partial charge in [-0.1, -0.05) is 189 Å². The van der Waals surface area contributed by atoms with Gasteiger partial charge in [0.25, 0.3) is 0 Å². The lowest BCUT2D eigenvalue weighted by Gasteiger charge is -2.46. The monoisotopic (exact) mass is 1010 g/mol. The van der Waals surface area contributed by atoms with Crippen molar-refractivity contribution in [2.75, 3.05) is 6.61 Å². The molecule has 1 heterocycles. The van der Waals surface area contributed by atoms with Crippen molar-refractivity contribution in [3.05, 3.63) is 129 Å². The fraction of sp³-hybridized carbons (Fsp3) is 0.556. The van der Waals surface area contributed by atoms with E-state index < -0.39 is 45.8 Å². The van der Waals surface area contributed by atoms with Crippen molar-refractivity contribution in [2.45, 2.75) is 168 Å². The molecule has 0 spiro atoms. The van der Waals surface area contributed by atoms with Gasteiger partial charge in [-0.05, 0) is 100 Å². The Labute approximate surface area is 397 Å². The van der Waals surface area contributed by atoms with Crippen LogP contribution in [0, 0.1) is 17.3 Å². The summed E-state index contributed by atoms with van der Waals surface area (Å²) in [6, 6.07) is 31.4. The van der Waals surface area contributed by atoms with Crippen molar-refractivity contribution in [3.8, 4) is 0 Å². The first-order chi connectivity index (χ1) is 29.3. The number of benzene rings is 3. The number of cyclic esters (lactones) is 1. The molecule has 4 rings (SSSR count). The summed E-state index contributed by atoms with van der Waals surface area (Å²) < 4.78 is 30.3. The van der Waals surface area contributed by atoms with E-state index in [4.69, 9.17) is 18.3 Å². The predicted octanol–water partition coefficient (Wildman–Crippen LogP) is 14.8. The highest BCUT2D eigenvalue weighted by Crippen LogP contribution is 2.45. The zero-order valence-electron chi connectivity index (χ0n) is 41.3. The number of hydrogen-bond acceptors (Lipinski definition) is 6. The SMILES string of the molecule is C/C(=C\I)[C@@H]1C/C=C(/COC(c2ccccc2)(c2ccccc2)c2ccccc2)CCC[C@H](C)[C@H](O[Si](C)(C)C(C)(C)C)[C@@H](C)C(=O)C(C)(C)[C@@H](O[Si](C)(C)C(C)(C)C)CC(=O)O1. The molecule has 0 bridgehead atoms. The fourth-order valence-corrected chi connectivity index (χ4v) is 11.5.